The molecule has 0 saturated carbocycles. The third-order valence-electron chi connectivity index (χ3n) is 4.54. The van der Waals surface area contributed by atoms with Crippen LogP contribution >= 0.6 is 12.4 Å². The third-order valence-corrected chi connectivity index (χ3v) is 6.42. The Kier molecular flexibility index (Phi) is 6.42. The van der Waals surface area contributed by atoms with Gasteiger partial charge in [0.15, 0.2) is 4.90 Å². The monoisotopic (exact) mass is 413 g/mol. The molecule has 2 atom stereocenters. The maximum absolute atomic E-state index is 13.0. The average molecular weight is 414 g/mol. The number of rotatable bonds is 5. The molecular formula is C17H20ClN3O5S. The molecule has 8 nitrogen and oxygen atoms in total. The molecule has 2 aromatic carbocycles. The van der Waals surface area contributed by atoms with Crippen molar-refractivity contribution in [2.75, 3.05) is 20.2 Å². The van der Waals surface area contributed by atoms with Crippen molar-refractivity contribution < 1.29 is 18.1 Å². The van der Waals surface area contributed by atoms with Crippen molar-refractivity contribution in [3.8, 4) is 5.75 Å². The van der Waals surface area contributed by atoms with E-state index in [0.29, 0.717) is 0 Å². The Bertz CT molecular complexity index is 923. The molecule has 0 bridgehead atoms. The van der Waals surface area contributed by atoms with Crippen molar-refractivity contribution in [1.29, 1.82) is 0 Å². The Hall–Kier alpha value is -2.20. The van der Waals surface area contributed by atoms with Crippen molar-refractivity contribution in [2.45, 2.75) is 16.9 Å². The minimum Gasteiger partial charge on any atom is -0.497 e. The summed E-state index contributed by atoms with van der Waals surface area (Å²) in [5.41, 5.74) is 6.59. The molecule has 10 heteroatoms. The Morgan fingerprint density at radius 3 is 2.44 bits per heavy atom. The molecule has 1 fully saturated rings. The van der Waals surface area contributed by atoms with Crippen LogP contribution < -0.4 is 10.5 Å². The van der Waals surface area contributed by atoms with Gasteiger partial charge in [-0.25, -0.2) is 8.42 Å². The summed E-state index contributed by atoms with van der Waals surface area (Å²) in [6.45, 7) is 0.280. The highest BCUT2D eigenvalue weighted by molar-refractivity contribution is 7.89. The lowest BCUT2D eigenvalue weighted by atomic mass is 9.95. The van der Waals surface area contributed by atoms with E-state index in [4.69, 9.17) is 10.5 Å². The first-order valence-corrected chi connectivity index (χ1v) is 9.41. The molecule has 1 aliphatic rings. The van der Waals surface area contributed by atoms with Gasteiger partial charge in [-0.15, -0.1) is 12.4 Å². The number of nitrogens with two attached hydrogens (primary N) is 1. The lowest BCUT2D eigenvalue weighted by molar-refractivity contribution is -0.387. The van der Waals surface area contributed by atoms with Crippen molar-refractivity contribution in [2.24, 2.45) is 5.73 Å². The maximum atomic E-state index is 13.0. The lowest BCUT2D eigenvalue weighted by Gasteiger charge is -2.17. The van der Waals surface area contributed by atoms with Crippen molar-refractivity contribution in [1.82, 2.24) is 4.31 Å². The molecular weight excluding hydrogens is 394 g/mol. The predicted molar refractivity (Wildman–Crippen MR) is 103 cm³/mol. The van der Waals surface area contributed by atoms with Crippen LogP contribution in [0.1, 0.15) is 11.5 Å². The van der Waals surface area contributed by atoms with Gasteiger partial charge in [-0.2, -0.15) is 4.31 Å². The van der Waals surface area contributed by atoms with Gasteiger partial charge in [0.1, 0.15) is 5.75 Å². The molecule has 0 aliphatic carbocycles. The number of benzene rings is 2. The van der Waals surface area contributed by atoms with Crippen LogP contribution in [0.15, 0.2) is 53.4 Å². The molecule has 2 N–H and O–H groups in total. The molecule has 1 heterocycles. The molecule has 0 radical (unpaired) electrons. The normalized spacial score (nSPS) is 20.1. The number of nitro groups is 1. The van der Waals surface area contributed by atoms with Crippen LogP contribution in [-0.2, 0) is 10.0 Å². The van der Waals surface area contributed by atoms with E-state index in [1.54, 1.807) is 0 Å². The minimum atomic E-state index is -4.06. The lowest BCUT2D eigenvalue weighted by Crippen LogP contribution is -2.32. The van der Waals surface area contributed by atoms with Gasteiger partial charge in [0.05, 0.1) is 18.1 Å². The molecule has 0 aromatic heterocycles. The van der Waals surface area contributed by atoms with Crippen LogP contribution in [0.25, 0.3) is 0 Å². The summed E-state index contributed by atoms with van der Waals surface area (Å²) < 4.78 is 32.2. The zero-order valence-corrected chi connectivity index (χ0v) is 16.2. The quantitative estimate of drug-likeness (QED) is 0.593. The summed E-state index contributed by atoms with van der Waals surface area (Å²) >= 11 is 0. The topological polar surface area (TPSA) is 116 Å². The van der Waals surface area contributed by atoms with E-state index >= 15 is 0 Å². The van der Waals surface area contributed by atoms with E-state index in [1.807, 2.05) is 30.3 Å². The summed E-state index contributed by atoms with van der Waals surface area (Å²) in [6.07, 6.45) is 0. The van der Waals surface area contributed by atoms with E-state index in [0.717, 1.165) is 11.6 Å². The number of nitro benzene ring substituents is 1. The number of hydrogen-bond acceptors (Lipinski definition) is 6. The minimum absolute atomic E-state index is 0. The molecule has 3 rings (SSSR count). The maximum Gasteiger partial charge on any atom is 0.293 e. The zero-order chi connectivity index (χ0) is 18.9. The number of methoxy groups -OCH3 is 1. The number of halogens is 1. The van der Waals surface area contributed by atoms with Crippen LogP contribution in [0.2, 0.25) is 0 Å². The van der Waals surface area contributed by atoms with Gasteiger partial charge in [0.2, 0.25) is 10.0 Å². The molecule has 146 valence electrons. The highest BCUT2D eigenvalue weighted by Gasteiger charge is 2.40. The van der Waals surface area contributed by atoms with E-state index in [1.165, 1.54) is 23.5 Å². The standard InChI is InChI=1S/C17H19N3O5S.ClH/c1-25-13-7-8-17(16(9-13)20(21)22)26(23,24)19-10-14(15(18)11-19)12-5-3-2-4-6-12;/h2-9,14-15H,10-11,18H2,1H3;1H/t14-,15+;/m0./s1. The second kappa shape index (κ2) is 8.22. The average Bonchev–Trinajstić information content (AvgIpc) is 3.04. The van der Waals surface area contributed by atoms with Gasteiger partial charge < -0.3 is 10.5 Å². The molecule has 0 unspecified atom stereocenters. The molecule has 2 aromatic rings. The third kappa shape index (κ3) is 4.06. The van der Waals surface area contributed by atoms with Gasteiger partial charge in [0.25, 0.3) is 5.69 Å². The summed E-state index contributed by atoms with van der Waals surface area (Å²) in [5, 5.41) is 11.3. The molecule has 1 aliphatic heterocycles. The first-order chi connectivity index (χ1) is 12.3. The summed E-state index contributed by atoms with van der Waals surface area (Å²) in [5.74, 6) is 0.0548. The van der Waals surface area contributed by atoms with Gasteiger partial charge in [-0.05, 0) is 17.7 Å². The second-order valence-electron chi connectivity index (χ2n) is 6.09. The number of sulfonamides is 1. The SMILES string of the molecule is COc1ccc(S(=O)(=O)N2C[C@@H](N)[C@H](c3ccccc3)C2)c([N+](=O)[O-])c1.Cl. The zero-order valence-electron chi connectivity index (χ0n) is 14.5. The second-order valence-corrected chi connectivity index (χ2v) is 8.00. The number of hydrogen-bond donors (Lipinski definition) is 1. The Morgan fingerprint density at radius 2 is 1.85 bits per heavy atom. The van der Waals surface area contributed by atoms with Gasteiger partial charge in [0, 0.05) is 25.0 Å². The van der Waals surface area contributed by atoms with Gasteiger partial charge in [-0.1, -0.05) is 30.3 Å². The molecule has 27 heavy (non-hydrogen) atoms. The fraction of sp³-hybridized carbons (Fsp3) is 0.294. The fourth-order valence-electron chi connectivity index (χ4n) is 3.16. The largest absolute Gasteiger partial charge is 0.497 e. The predicted octanol–water partition coefficient (Wildman–Crippen LogP) is 2.14. The van der Waals surface area contributed by atoms with Crippen LogP contribution in [0, 0.1) is 10.1 Å². The molecule has 0 amide bonds. The van der Waals surface area contributed by atoms with Crippen molar-refractivity contribution >= 4 is 28.1 Å². The number of ether oxygens (including phenoxy) is 1. The first kappa shape index (κ1) is 21.1. The van der Waals surface area contributed by atoms with Gasteiger partial charge >= 0.3 is 0 Å². The van der Waals surface area contributed by atoms with Gasteiger partial charge in [-0.3, -0.25) is 10.1 Å². The van der Waals surface area contributed by atoms with Crippen LogP contribution in [0.5, 0.6) is 5.75 Å². The van der Waals surface area contributed by atoms with E-state index in [9.17, 15) is 18.5 Å². The van der Waals surface area contributed by atoms with Crippen LogP contribution in [-0.4, -0.2) is 43.9 Å². The van der Waals surface area contributed by atoms with E-state index < -0.39 is 20.6 Å². The van der Waals surface area contributed by atoms with Crippen molar-refractivity contribution in [3.05, 3.63) is 64.2 Å². The summed E-state index contributed by atoms with van der Waals surface area (Å²) in [4.78, 5) is 10.3. The van der Waals surface area contributed by atoms with E-state index in [2.05, 4.69) is 0 Å². The number of nitrogens with zero attached hydrogens (tertiary/aromatic N) is 2. The molecule has 0 spiro atoms. The van der Waals surface area contributed by atoms with Crippen LogP contribution in [0.4, 0.5) is 5.69 Å². The summed E-state index contributed by atoms with van der Waals surface area (Å²) in [6, 6.07) is 12.7. The molecule has 1 saturated heterocycles. The fourth-order valence-corrected chi connectivity index (χ4v) is 4.81. The Morgan fingerprint density at radius 1 is 1.19 bits per heavy atom. The highest BCUT2D eigenvalue weighted by Crippen LogP contribution is 2.35. The van der Waals surface area contributed by atoms with Crippen LogP contribution in [0.3, 0.4) is 0 Å². The van der Waals surface area contributed by atoms with Crippen molar-refractivity contribution in [3.63, 3.8) is 0 Å². The smallest absolute Gasteiger partial charge is 0.293 e. The summed E-state index contributed by atoms with van der Waals surface area (Å²) in [7, 11) is -2.70. The Balaban J connectivity index is 0.00000261. The Labute approximate surface area is 163 Å². The first-order valence-electron chi connectivity index (χ1n) is 7.97. The van der Waals surface area contributed by atoms with E-state index in [-0.39, 0.29) is 48.1 Å². The highest BCUT2D eigenvalue weighted by atomic mass is 35.5.